The molecule has 1 aromatic rings. The minimum Gasteiger partial charge on any atom is -0.398 e. The zero-order valence-electron chi connectivity index (χ0n) is 11.4. The number of amides is 2. The molecule has 1 aliphatic rings. The summed E-state index contributed by atoms with van der Waals surface area (Å²) in [6.07, 6.45) is -0.250. The zero-order valence-corrected chi connectivity index (χ0v) is 11.4. The normalized spacial score (nSPS) is 21.6. The Morgan fingerprint density at radius 2 is 2.15 bits per heavy atom. The van der Waals surface area contributed by atoms with Gasteiger partial charge in [0.05, 0.1) is 18.7 Å². The topological polar surface area (TPSA) is 95.7 Å². The number of rotatable bonds is 4. The summed E-state index contributed by atoms with van der Waals surface area (Å²) >= 11 is 0. The van der Waals surface area contributed by atoms with E-state index < -0.39 is 12.1 Å². The Hall–Kier alpha value is -1.92. The van der Waals surface area contributed by atoms with Crippen molar-refractivity contribution in [2.75, 3.05) is 18.8 Å². The Balaban J connectivity index is 2.13. The molecule has 2 unspecified atom stereocenters. The Morgan fingerprint density at radius 3 is 2.80 bits per heavy atom. The highest BCUT2D eigenvalue weighted by Gasteiger charge is 2.33. The van der Waals surface area contributed by atoms with Crippen molar-refractivity contribution >= 4 is 17.5 Å². The maximum Gasteiger partial charge on any atom is 0.243 e. The van der Waals surface area contributed by atoms with E-state index >= 15 is 0 Å². The predicted molar refractivity (Wildman–Crippen MR) is 74.6 cm³/mol. The van der Waals surface area contributed by atoms with Gasteiger partial charge in [0.15, 0.2) is 0 Å². The number of β-amino-alcohol motifs (C(OH)–C–C–N with tert-alkyl or cyclic N) is 1. The molecule has 0 aromatic heterocycles. The summed E-state index contributed by atoms with van der Waals surface area (Å²) < 4.78 is 0. The fourth-order valence-electron chi connectivity index (χ4n) is 2.49. The van der Waals surface area contributed by atoms with E-state index in [0.717, 1.165) is 0 Å². The molecule has 2 rings (SSSR count). The molecule has 1 aliphatic heterocycles. The maximum absolute atomic E-state index is 11.8. The van der Waals surface area contributed by atoms with Gasteiger partial charge in [0.2, 0.25) is 11.8 Å². The molecule has 0 spiro atoms. The molecule has 1 aromatic carbocycles. The summed E-state index contributed by atoms with van der Waals surface area (Å²) in [7, 11) is 0. The number of anilines is 1. The van der Waals surface area contributed by atoms with Crippen LogP contribution in [0.2, 0.25) is 0 Å². The molecule has 4 N–H and O–H groups in total. The summed E-state index contributed by atoms with van der Waals surface area (Å²) in [5, 5.41) is 12.6. The van der Waals surface area contributed by atoms with Crippen molar-refractivity contribution in [2.24, 2.45) is 0 Å². The Morgan fingerprint density at radius 1 is 1.45 bits per heavy atom. The van der Waals surface area contributed by atoms with Gasteiger partial charge in [0.1, 0.15) is 0 Å². The monoisotopic (exact) mass is 277 g/mol. The van der Waals surface area contributed by atoms with Crippen molar-refractivity contribution in [2.45, 2.75) is 25.5 Å². The highest BCUT2D eigenvalue weighted by molar-refractivity contribution is 6.01. The van der Waals surface area contributed by atoms with Gasteiger partial charge < -0.3 is 10.8 Å². The van der Waals surface area contributed by atoms with Crippen molar-refractivity contribution in [3.05, 3.63) is 29.8 Å². The number of aliphatic hydroxyl groups excluding tert-OH is 1. The summed E-state index contributed by atoms with van der Waals surface area (Å²) in [4.78, 5) is 24.9. The van der Waals surface area contributed by atoms with Gasteiger partial charge in [-0.05, 0) is 12.5 Å². The molecule has 6 nitrogen and oxygen atoms in total. The van der Waals surface area contributed by atoms with Crippen molar-refractivity contribution in [3.63, 3.8) is 0 Å². The lowest BCUT2D eigenvalue weighted by Crippen LogP contribution is -2.58. The highest BCUT2D eigenvalue weighted by Crippen LogP contribution is 2.22. The summed E-state index contributed by atoms with van der Waals surface area (Å²) in [6.45, 7) is 2.18. The lowest BCUT2D eigenvalue weighted by molar-refractivity contribution is -0.140. The number of hydrogen-bond acceptors (Lipinski definition) is 5. The average Bonchev–Trinajstić information content (AvgIpc) is 2.38. The van der Waals surface area contributed by atoms with Crippen LogP contribution in [0.3, 0.4) is 0 Å². The number of carbonyl (C=O) groups is 2. The number of nitrogens with zero attached hydrogens (tertiary/aromatic N) is 1. The van der Waals surface area contributed by atoms with Crippen LogP contribution in [0.1, 0.15) is 25.0 Å². The van der Waals surface area contributed by atoms with Gasteiger partial charge in [-0.25, -0.2) is 0 Å². The van der Waals surface area contributed by atoms with E-state index in [1.54, 1.807) is 29.2 Å². The molecular formula is C14H19N3O3. The molecule has 1 heterocycles. The number of benzene rings is 1. The second-order valence-electron chi connectivity index (χ2n) is 4.91. The minimum absolute atomic E-state index is 0.105. The standard InChI is InChI=1S/C14H19N3O3/c1-2-11-14(20)16-13(19)8-17(11)7-12(18)9-5-3-4-6-10(9)15/h3-6,11-12,18H,2,7-8,15H2,1H3,(H,16,19,20). The van der Waals surface area contributed by atoms with E-state index in [-0.39, 0.29) is 24.9 Å². The van der Waals surface area contributed by atoms with Crippen LogP contribution in [0.5, 0.6) is 0 Å². The van der Waals surface area contributed by atoms with Crippen LogP contribution in [-0.4, -0.2) is 41.0 Å². The third kappa shape index (κ3) is 2.97. The van der Waals surface area contributed by atoms with Gasteiger partial charge in [-0.15, -0.1) is 0 Å². The van der Waals surface area contributed by atoms with Gasteiger partial charge >= 0.3 is 0 Å². The van der Waals surface area contributed by atoms with Crippen LogP contribution in [0.4, 0.5) is 5.69 Å². The van der Waals surface area contributed by atoms with Crippen LogP contribution < -0.4 is 11.1 Å². The van der Waals surface area contributed by atoms with Crippen LogP contribution in [0.15, 0.2) is 24.3 Å². The van der Waals surface area contributed by atoms with E-state index in [4.69, 9.17) is 5.73 Å². The summed E-state index contributed by atoms with van der Waals surface area (Å²) in [6, 6.07) is 6.64. The molecule has 1 fully saturated rings. The fraction of sp³-hybridized carbons (Fsp3) is 0.429. The van der Waals surface area contributed by atoms with Crippen molar-refractivity contribution < 1.29 is 14.7 Å². The number of nitrogens with two attached hydrogens (primary N) is 1. The van der Waals surface area contributed by atoms with E-state index in [1.165, 1.54) is 0 Å². The van der Waals surface area contributed by atoms with Crippen molar-refractivity contribution in [3.8, 4) is 0 Å². The van der Waals surface area contributed by atoms with Crippen LogP contribution >= 0.6 is 0 Å². The summed E-state index contributed by atoms with van der Waals surface area (Å²) in [5.41, 5.74) is 6.94. The average molecular weight is 277 g/mol. The van der Waals surface area contributed by atoms with Gasteiger partial charge in [-0.2, -0.15) is 0 Å². The molecule has 108 valence electrons. The van der Waals surface area contributed by atoms with E-state index in [2.05, 4.69) is 5.32 Å². The van der Waals surface area contributed by atoms with Gasteiger partial charge in [0, 0.05) is 17.8 Å². The smallest absolute Gasteiger partial charge is 0.243 e. The molecule has 1 saturated heterocycles. The van der Waals surface area contributed by atoms with Gasteiger partial charge in [0.25, 0.3) is 0 Å². The first-order chi connectivity index (χ1) is 9.52. The molecule has 0 radical (unpaired) electrons. The summed E-state index contributed by atoms with van der Waals surface area (Å²) in [5.74, 6) is -0.648. The quantitative estimate of drug-likeness (QED) is 0.533. The predicted octanol–water partition coefficient (Wildman–Crippen LogP) is 0.0392. The van der Waals surface area contributed by atoms with Crippen LogP contribution in [0, 0.1) is 0 Å². The van der Waals surface area contributed by atoms with Crippen LogP contribution in [0.25, 0.3) is 0 Å². The highest BCUT2D eigenvalue weighted by atomic mass is 16.3. The maximum atomic E-state index is 11.8. The Labute approximate surface area is 117 Å². The Bertz CT molecular complexity index is 518. The molecule has 0 aliphatic carbocycles. The third-order valence-electron chi connectivity index (χ3n) is 3.50. The first-order valence-electron chi connectivity index (χ1n) is 6.63. The van der Waals surface area contributed by atoms with Gasteiger partial charge in [-0.1, -0.05) is 25.1 Å². The molecule has 6 heteroatoms. The first kappa shape index (κ1) is 14.5. The molecular weight excluding hydrogens is 258 g/mol. The number of nitrogens with one attached hydrogen (secondary N) is 1. The number of para-hydroxylation sites is 1. The van der Waals surface area contributed by atoms with Gasteiger partial charge in [-0.3, -0.25) is 19.8 Å². The molecule has 2 atom stereocenters. The van der Waals surface area contributed by atoms with Crippen molar-refractivity contribution in [1.82, 2.24) is 10.2 Å². The number of hydrogen-bond donors (Lipinski definition) is 3. The number of imide groups is 1. The second-order valence-corrected chi connectivity index (χ2v) is 4.91. The number of nitrogen functional groups attached to an aromatic ring is 1. The first-order valence-corrected chi connectivity index (χ1v) is 6.63. The minimum atomic E-state index is -0.830. The van der Waals surface area contributed by atoms with E-state index in [9.17, 15) is 14.7 Å². The lowest BCUT2D eigenvalue weighted by atomic mass is 10.0. The molecule has 0 bridgehead atoms. The fourth-order valence-corrected chi connectivity index (χ4v) is 2.49. The number of carbonyl (C=O) groups excluding carboxylic acids is 2. The Kier molecular flexibility index (Phi) is 4.36. The second kappa shape index (κ2) is 6.02. The third-order valence-corrected chi connectivity index (χ3v) is 3.50. The molecule has 2 amide bonds. The molecule has 0 saturated carbocycles. The molecule has 20 heavy (non-hydrogen) atoms. The van der Waals surface area contributed by atoms with Crippen LogP contribution in [-0.2, 0) is 9.59 Å². The zero-order chi connectivity index (χ0) is 14.7. The lowest BCUT2D eigenvalue weighted by Gasteiger charge is -2.34. The van der Waals surface area contributed by atoms with Crippen molar-refractivity contribution in [1.29, 1.82) is 0 Å². The van der Waals surface area contributed by atoms with E-state index in [0.29, 0.717) is 17.7 Å². The number of piperazine rings is 1. The van der Waals surface area contributed by atoms with E-state index in [1.807, 2.05) is 6.92 Å². The SMILES string of the molecule is CCC1C(=O)NC(=O)CN1CC(O)c1ccccc1N. The largest absolute Gasteiger partial charge is 0.398 e. The number of aliphatic hydroxyl groups is 1.